The summed E-state index contributed by atoms with van der Waals surface area (Å²) in [6.45, 7) is 8.36. The first kappa shape index (κ1) is 17.0. The van der Waals surface area contributed by atoms with E-state index in [9.17, 15) is 4.79 Å². The number of H-pyrrole nitrogens is 1. The zero-order valence-electron chi connectivity index (χ0n) is 14.6. The fourth-order valence-electron chi connectivity index (χ4n) is 2.71. The Kier molecular flexibility index (Phi) is 4.15. The first-order valence-electron chi connectivity index (χ1n) is 8.11. The number of benzene rings is 1. The van der Waals surface area contributed by atoms with Crippen molar-refractivity contribution in [1.82, 2.24) is 4.98 Å². The Balaban J connectivity index is 1.97. The van der Waals surface area contributed by atoms with Crippen molar-refractivity contribution in [2.45, 2.75) is 38.9 Å². The van der Waals surface area contributed by atoms with Crippen LogP contribution in [0, 0.1) is 0 Å². The molecule has 6 heteroatoms. The van der Waals surface area contributed by atoms with Crippen molar-refractivity contribution in [1.29, 1.82) is 0 Å². The van der Waals surface area contributed by atoms with Crippen LogP contribution in [0.1, 0.15) is 33.3 Å². The molecule has 0 atom stereocenters. The Morgan fingerprint density at radius 3 is 2.50 bits per heavy atom. The van der Waals surface area contributed by atoms with Crippen molar-refractivity contribution >= 4 is 24.1 Å². The van der Waals surface area contributed by atoms with Gasteiger partial charge < -0.3 is 20.0 Å². The third-order valence-corrected chi connectivity index (χ3v) is 4.93. The zero-order chi connectivity index (χ0) is 17.5. The lowest BCUT2D eigenvalue weighted by Gasteiger charge is -2.32. The Morgan fingerprint density at radius 1 is 1.21 bits per heavy atom. The molecule has 0 aliphatic carbocycles. The second kappa shape index (κ2) is 5.88. The summed E-state index contributed by atoms with van der Waals surface area (Å²) in [7, 11) is -0.482. The molecule has 1 aromatic heterocycles. The van der Waals surface area contributed by atoms with E-state index in [1.807, 2.05) is 52.0 Å². The van der Waals surface area contributed by atoms with Gasteiger partial charge in [0, 0.05) is 29.7 Å². The normalized spacial score (nSPS) is 19.9. The summed E-state index contributed by atoms with van der Waals surface area (Å²) in [5.74, 6) is 0. The van der Waals surface area contributed by atoms with Gasteiger partial charge in [0.2, 0.25) is 0 Å². The first-order chi connectivity index (χ1) is 11.2. The predicted octanol–water partition coefficient (Wildman–Crippen LogP) is 2.50. The molecular formula is C18H23BN2O3. The third-order valence-electron chi connectivity index (χ3n) is 4.93. The minimum atomic E-state index is -0.482. The van der Waals surface area contributed by atoms with Crippen LogP contribution in [0.4, 0.5) is 0 Å². The lowest BCUT2D eigenvalue weighted by Crippen LogP contribution is -2.41. The van der Waals surface area contributed by atoms with Gasteiger partial charge >= 0.3 is 7.12 Å². The Hall–Kier alpha value is -1.89. The van der Waals surface area contributed by atoms with Crippen molar-refractivity contribution in [3.8, 4) is 0 Å². The Bertz CT molecular complexity index is 839. The van der Waals surface area contributed by atoms with Crippen LogP contribution in [0.5, 0.6) is 0 Å². The smallest absolute Gasteiger partial charge is 0.400 e. The number of fused-ring (bicyclic) bond motifs is 1. The van der Waals surface area contributed by atoms with Crippen molar-refractivity contribution in [3.05, 3.63) is 51.7 Å². The van der Waals surface area contributed by atoms with Gasteiger partial charge in [-0.2, -0.15) is 0 Å². The maximum absolute atomic E-state index is 12.0. The van der Waals surface area contributed by atoms with Gasteiger partial charge in [0.05, 0.1) is 11.2 Å². The van der Waals surface area contributed by atoms with Gasteiger partial charge in [0.15, 0.2) is 5.43 Å². The SMILES string of the molecule is CC1(C)OB(C(=Cc2ccc3[nH]ccc(=O)c3c2)CN)OC1(C)C. The molecule has 0 saturated carbocycles. The van der Waals surface area contributed by atoms with E-state index in [2.05, 4.69) is 4.98 Å². The highest BCUT2D eigenvalue weighted by Crippen LogP contribution is 2.38. The molecule has 1 fully saturated rings. The largest absolute Gasteiger partial charge is 0.491 e. The van der Waals surface area contributed by atoms with Gasteiger partial charge in [-0.3, -0.25) is 4.79 Å². The van der Waals surface area contributed by atoms with Gasteiger partial charge in [-0.05, 0) is 50.9 Å². The number of hydrogen-bond donors (Lipinski definition) is 2. The molecule has 2 aromatic rings. The van der Waals surface area contributed by atoms with Crippen molar-refractivity contribution in [3.63, 3.8) is 0 Å². The van der Waals surface area contributed by atoms with Gasteiger partial charge in [-0.15, -0.1) is 0 Å². The van der Waals surface area contributed by atoms with Gasteiger partial charge in [0.1, 0.15) is 0 Å². The van der Waals surface area contributed by atoms with Crippen LogP contribution < -0.4 is 11.2 Å². The lowest BCUT2D eigenvalue weighted by atomic mass is 9.77. The number of hydrogen-bond acceptors (Lipinski definition) is 4. The lowest BCUT2D eigenvalue weighted by molar-refractivity contribution is 0.00578. The number of nitrogens with one attached hydrogen (secondary N) is 1. The standard InChI is InChI=1S/C18H23BN2O3/c1-17(2)18(3,4)24-19(23-17)13(11-20)9-12-5-6-15-14(10-12)16(22)7-8-21-15/h5-10H,11,20H2,1-4H3,(H,21,22). The minimum absolute atomic E-state index is 0.0102. The van der Waals surface area contributed by atoms with Crippen molar-refractivity contribution < 1.29 is 9.31 Å². The zero-order valence-corrected chi connectivity index (χ0v) is 14.6. The fourth-order valence-corrected chi connectivity index (χ4v) is 2.71. The van der Waals surface area contributed by atoms with E-state index < -0.39 is 18.3 Å². The van der Waals surface area contributed by atoms with Crippen LogP contribution in [0.25, 0.3) is 17.0 Å². The molecule has 0 unspecified atom stereocenters. The fraction of sp³-hybridized carbons (Fsp3) is 0.389. The number of aromatic nitrogens is 1. The van der Waals surface area contributed by atoms with Crippen LogP contribution in [0.15, 0.2) is 40.7 Å². The van der Waals surface area contributed by atoms with Crippen LogP contribution >= 0.6 is 0 Å². The van der Waals surface area contributed by atoms with E-state index >= 15 is 0 Å². The van der Waals surface area contributed by atoms with E-state index in [0.29, 0.717) is 11.9 Å². The molecular weight excluding hydrogens is 303 g/mol. The molecule has 1 aliphatic rings. The maximum Gasteiger partial charge on any atom is 0.491 e. The molecule has 1 aromatic carbocycles. The molecule has 1 saturated heterocycles. The second-order valence-corrected chi connectivity index (χ2v) is 7.16. The maximum atomic E-state index is 12.0. The summed E-state index contributed by atoms with van der Waals surface area (Å²) in [6, 6.07) is 7.21. The van der Waals surface area contributed by atoms with Gasteiger partial charge in [-0.25, -0.2) is 0 Å². The molecule has 0 radical (unpaired) electrons. The average Bonchev–Trinajstić information content (AvgIpc) is 2.73. The Labute approximate surface area is 142 Å². The molecule has 3 rings (SSSR count). The average molecular weight is 326 g/mol. The summed E-state index contributed by atoms with van der Waals surface area (Å²) < 4.78 is 12.1. The number of nitrogens with two attached hydrogens (primary N) is 1. The predicted molar refractivity (Wildman–Crippen MR) is 97.7 cm³/mol. The topological polar surface area (TPSA) is 77.3 Å². The molecule has 1 aliphatic heterocycles. The van der Waals surface area contributed by atoms with Crippen LogP contribution in [-0.2, 0) is 9.31 Å². The highest BCUT2D eigenvalue weighted by Gasteiger charge is 2.52. The molecule has 126 valence electrons. The highest BCUT2D eigenvalue weighted by molar-refractivity contribution is 6.55. The van der Waals surface area contributed by atoms with Crippen LogP contribution in [0.2, 0.25) is 0 Å². The van der Waals surface area contributed by atoms with Gasteiger partial charge in [-0.1, -0.05) is 12.1 Å². The first-order valence-corrected chi connectivity index (χ1v) is 8.11. The van der Waals surface area contributed by atoms with Crippen LogP contribution in [0.3, 0.4) is 0 Å². The third kappa shape index (κ3) is 2.93. The number of pyridine rings is 1. The van der Waals surface area contributed by atoms with Gasteiger partial charge in [0.25, 0.3) is 0 Å². The van der Waals surface area contributed by atoms with Crippen molar-refractivity contribution in [2.75, 3.05) is 6.54 Å². The molecule has 0 amide bonds. The van der Waals surface area contributed by atoms with E-state index in [0.717, 1.165) is 16.6 Å². The monoisotopic (exact) mass is 326 g/mol. The molecule has 5 nitrogen and oxygen atoms in total. The summed E-state index contributed by atoms with van der Waals surface area (Å²) >= 11 is 0. The van der Waals surface area contributed by atoms with Crippen LogP contribution in [-0.4, -0.2) is 29.8 Å². The second-order valence-electron chi connectivity index (χ2n) is 7.16. The van der Waals surface area contributed by atoms with Crippen molar-refractivity contribution in [2.24, 2.45) is 5.73 Å². The molecule has 3 N–H and O–H groups in total. The number of rotatable bonds is 3. The molecule has 24 heavy (non-hydrogen) atoms. The summed E-state index contributed by atoms with van der Waals surface area (Å²) in [4.78, 5) is 15.1. The molecule has 0 spiro atoms. The quantitative estimate of drug-likeness (QED) is 0.850. The van der Waals surface area contributed by atoms with E-state index in [4.69, 9.17) is 15.0 Å². The summed E-state index contributed by atoms with van der Waals surface area (Å²) in [6.07, 6.45) is 3.59. The Morgan fingerprint density at radius 2 is 1.88 bits per heavy atom. The van der Waals surface area contributed by atoms with E-state index in [1.54, 1.807) is 6.20 Å². The summed E-state index contributed by atoms with van der Waals surface area (Å²) in [5, 5.41) is 0.650. The molecule has 0 bridgehead atoms. The molecule has 2 heterocycles. The van der Waals surface area contributed by atoms with E-state index in [-0.39, 0.29) is 5.43 Å². The highest BCUT2D eigenvalue weighted by atomic mass is 16.7. The summed E-state index contributed by atoms with van der Waals surface area (Å²) in [5.41, 5.74) is 7.65. The van der Waals surface area contributed by atoms with E-state index in [1.165, 1.54) is 6.07 Å². The number of aromatic amines is 1. The minimum Gasteiger partial charge on any atom is -0.400 e.